The van der Waals surface area contributed by atoms with Gasteiger partial charge in [0.25, 0.3) is 0 Å². The van der Waals surface area contributed by atoms with Gasteiger partial charge in [0.15, 0.2) is 0 Å². The molecule has 0 fully saturated rings. The molecule has 1 rings (SSSR count). The van der Waals surface area contributed by atoms with E-state index in [1.165, 1.54) is 5.56 Å². The lowest BCUT2D eigenvalue weighted by Crippen LogP contribution is -2.13. The number of benzene rings is 1. The summed E-state index contributed by atoms with van der Waals surface area (Å²) in [7, 11) is 0. The molecule has 0 aliphatic heterocycles. The fourth-order valence-electron chi connectivity index (χ4n) is 1.58. The van der Waals surface area contributed by atoms with Crippen molar-refractivity contribution in [3.05, 3.63) is 34.9 Å². The Morgan fingerprint density at radius 1 is 1.18 bits per heavy atom. The Hall–Kier alpha value is -1.64. The fraction of sp³-hybridized carbons (Fsp3) is 0.429. The van der Waals surface area contributed by atoms with Crippen molar-refractivity contribution in [1.29, 1.82) is 0 Å². The molecule has 0 unspecified atom stereocenters. The van der Waals surface area contributed by atoms with Crippen molar-refractivity contribution >= 4 is 11.8 Å². The maximum atomic E-state index is 11.6. The zero-order valence-corrected chi connectivity index (χ0v) is 10.6. The summed E-state index contributed by atoms with van der Waals surface area (Å²) in [4.78, 5) is 22.7. The van der Waals surface area contributed by atoms with Crippen molar-refractivity contribution in [3.63, 3.8) is 0 Å². The zero-order valence-electron chi connectivity index (χ0n) is 10.6. The van der Waals surface area contributed by atoms with Gasteiger partial charge in [0.1, 0.15) is 12.2 Å². The monoisotopic (exact) mass is 234 g/mol. The second-order valence-corrected chi connectivity index (χ2v) is 4.12. The Bertz CT molecular complexity index is 421. The Labute approximate surface area is 102 Å². The predicted octanol–water partition coefficient (Wildman–Crippen LogP) is 2.37. The third-order valence-electron chi connectivity index (χ3n) is 2.62. The Morgan fingerprint density at radius 3 is 2.47 bits per heavy atom. The van der Waals surface area contributed by atoms with E-state index in [-0.39, 0.29) is 12.2 Å². The summed E-state index contributed by atoms with van der Waals surface area (Å²) in [6.45, 7) is 6.08. The molecule has 0 aromatic heterocycles. The number of ketones is 1. The number of carbonyl (C=O) groups excluding carboxylic acids is 2. The van der Waals surface area contributed by atoms with E-state index >= 15 is 0 Å². The van der Waals surface area contributed by atoms with Gasteiger partial charge < -0.3 is 4.74 Å². The van der Waals surface area contributed by atoms with E-state index in [2.05, 4.69) is 0 Å². The number of Topliss-reactive ketones (excluding diaryl/α,β-unsaturated/α-hetero) is 1. The molecule has 3 heteroatoms. The molecule has 0 bridgehead atoms. The van der Waals surface area contributed by atoms with Crippen molar-refractivity contribution < 1.29 is 14.3 Å². The van der Waals surface area contributed by atoms with Gasteiger partial charge in [0.2, 0.25) is 0 Å². The first-order valence-corrected chi connectivity index (χ1v) is 5.76. The number of rotatable bonds is 5. The van der Waals surface area contributed by atoms with Crippen LogP contribution in [0.15, 0.2) is 18.2 Å². The molecule has 0 spiro atoms. The molecular weight excluding hydrogens is 216 g/mol. The lowest BCUT2D eigenvalue weighted by molar-refractivity contribution is -0.145. The molecule has 0 saturated heterocycles. The van der Waals surface area contributed by atoms with E-state index < -0.39 is 5.97 Å². The van der Waals surface area contributed by atoms with Crippen LogP contribution in [0.2, 0.25) is 0 Å². The molecule has 92 valence electrons. The van der Waals surface area contributed by atoms with Crippen LogP contribution in [0.5, 0.6) is 0 Å². The van der Waals surface area contributed by atoms with Crippen molar-refractivity contribution in [3.8, 4) is 0 Å². The van der Waals surface area contributed by atoms with Crippen LogP contribution in [0.3, 0.4) is 0 Å². The van der Waals surface area contributed by atoms with Crippen LogP contribution >= 0.6 is 0 Å². The van der Waals surface area contributed by atoms with Gasteiger partial charge in [-0.3, -0.25) is 9.59 Å². The lowest BCUT2D eigenvalue weighted by atomic mass is 10.0. The predicted molar refractivity (Wildman–Crippen MR) is 65.9 cm³/mol. The van der Waals surface area contributed by atoms with Gasteiger partial charge in [0.05, 0.1) is 6.61 Å². The van der Waals surface area contributed by atoms with Crippen LogP contribution in [0, 0.1) is 13.8 Å². The average molecular weight is 234 g/mol. The standard InChI is InChI=1S/C14H18O3/c1-4-17-14(16)9-13(15)8-12-6-5-10(2)11(3)7-12/h5-7H,4,8-9H2,1-3H3. The lowest BCUT2D eigenvalue weighted by Gasteiger charge is -2.05. The third kappa shape index (κ3) is 4.39. The largest absolute Gasteiger partial charge is 0.466 e. The second-order valence-electron chi connectivity index (χ2n) is 4.12. The molecule has 0 N–H and O–H groups in total. The van der Waals surface area contributed by atoms with Crippen molar-refractivity contribution in [2.24, 2.45) is 0 Å². The molecule has 0 aliphatic rings. The summed E-state index contributed by atoms with van der Waals surface area (Å²) in [6.07, 6.45) is 0.153. The molecule has 17 heavy (non-hydrogen) atoms. The maximum absolute atomic E-state index is 11.6. The first-order chi connectivity index (χ1) is 8.02. The van der Waals surface area contributed by atoms with E-state index in [0.717, 1.165) is 11.1 Å². The number of hydrogen-bond acceptors (Lipinski definition) is 3. The van der Waals surface area contributed by atoms with Gasteiger partial charge >= 0.3 is 5.97 Å². The summed E-state index contributed by atoms with van der Waals surface area (Å²) in [5.41, 5.74) is 3.31. The molecule has 0 radical (unpaired) electrons. The summed E-state index contributed by atoms with van der Waals surface area (Å²) >= 11 is 0. The molecule has 0 heterocycles. The number of carbonyl (C=O) groups is 2. The Morgan fingerprint density at radius 2 is 1.88 bits per heavy atom. The molecular formula is C14H18O3. The van der Waals surface area contributed by atoms with Crippen molar-refractivity contribution in [2.75, 3.05) is 6.61 Å². The van der Waals surface area contributed by atoms with Crippen molar-refractivity contribution in [1.82, 2.24) is 0 Å². The average Bonchev–Trinajstić information content (AvgIpc) is 2.23. The van der Waals surface area contributed by atoms with Crippen LogP contribution in [0.4, 0.5) is 0 Å². The molecule has 0 saturated carbocycles. The van der Waals surface area contributed by atoms with E-state index in [4.69, 9.17) is 4.74 Å². The van der Waals surface area contributed by atoms with E-state index in [1.807, 2.05) is 32.0 Å². The summed E-state index contributed by atoms with van der Waals surface area (Å²) in [5.74, 6) is -0.548. The van der Waals surface area contributed by atoms with E-state index in [9.17, 15) is 9.59 Å². The first-order valence-electron chi connectivity index (χ1n) is 5.76. The minimum atomic E-state index is -0.443. The van der Waals surface area contributed by atoms with Crippen molar-refractivity contribution in [2.45, 2.75) is 33.6 Å². The third-order valence-corrected chi connectivity index (χ3v) is 2.62. The van der Waals surface area contributed by atoms with E-state index in [0.29, 0.717) is 13.0 Å². The molecule has 0 aliphatic carbocycles. The van der Waals surface area contributed by atoms with Gasteiger partial charge in [-0.25, -0.2) is 0 Å². The topological polar surface area (TPSA) is 43.4 Å². The van der Waals surface area contributed by atoms with Crippen LogP contribution in [0.25, 0.3) is 0 Å². The number of ether oxygens (including phenoxy) is 1. The smallest absolute Gasteiger partial charge is 0.313 e. The van der Waals surface area contributed by atoms with Gasteiger partial charge in [-0.15, -0.1) is 0 Å². The van der Waals surface area contributed by atoms with Gasteiger partial charge in [-0.05, 0) is 37.5 Å². The van der Waals surface area contributed by atoms with Gasteiger partial charge in [0, 0.05) is 6.42 Å². The van der Waals surface area contributed by atoms with Crippen LogP contribution < -0.4 is 0 Å². The molecule has 3 nitrogen and oxygen atoms in total. The van der Waals surface area contributed by atoms with Crippen LogP contribution in [0.1, 0.15) is 30.0 Å². The summed E-state index contributed by atoms with van der Waals surface area (Å²) < 4.78 is 4.73. The minimum Gasteiger partial charge on any atom is -0.466 e. The molecule has 1 aromatic rings. The normalized spacial score (nSPS) is 10.1. The number of aryl methyl sites for hydroxylation is 2. The van der Waals surface area contributed by atoms with Crippen LogP contribution in [-0.4, -0.2) is 18.4 Å². The first kappa shape index (κ1) is 13.4. The second kappa shape index (κ2) is 6.18. The highest BCUT2D eigenvalue weighted by atomic mass is 16.5. The molecule has 0 atom stereocenters. The van der Waals surface area contributed by atoms with Gasteiger partial charge in [-0.1, -0.05) is 18.2 Å². The molecule has 1 aromatic carbocycles. The maximum Gasteiger partial charge on any atom is 0.313 e. The number of hydrogen-bond donors (Lipinski definition) is 0. The Kier molecular flexibility index (Phi) is 4.88. The zero-order chi connectivity index (χ0) is 12.8. The minimum absolute atomic E-state index is 0.105. The van der Waals surface area contributed by atoms with Gasteiger partial charge in [-0.2, -0.15) is 0 Å². The highest BCUT2D eigenvalue weighted by molar-refractivity contribution is 5.96. The van der Waals surface area contributed by atoms with E-state index in [1.54, 1.807) is 6.92 Å². The number of esters is 1. The molecule has 0 amide bonds. The fourth-order valence-corrected chi connectivity index (χ4v) is 1.58. The van der Waals surface area contributed by atoms with Crippen LogP contribution in [-0.2, 0) is 20.7 Å². The summed E-state index contributed by atoms with van der Waals surface area (Å²) in [5, 5.41) is 0. The SMILES string of the molecule is CCOC(=O)CC(=O)Cc1ccc(C)c(C)c1. The summed E-state index contributed by atoms with van der Waals surface area (Å²) in [6, 6.07) is 5.89. The highest BCUT2D eigenvalue weighted by Gasteiger charge is 2.11. The highest BCUT2D eigenvalue weighted by Crippen LogP contribution is 2.11. The Balaban J connectivity index is 2.56. The quantitative estimate of drug-likeness (QED) is 0.580.